The fourth-order valence-electron chi connectivity index (χ4n) is 6.32. The summed E-state index contributed by atoms with van der Waals surface area (Å²) in [5, 5.41) is 0. The molecule has 0 bridgehead atoms. The number of allylic oxidation sites excluding steroid dienone is 4. The van der Waals surface area contributed by atoms with Gasteiger partial charge in [-0.1, -0.05) is 186 Å². The normalized spacial score (nSPS) is 13.7. The monoisotopic (exact) mass is 772 g/mol. The van der Waals surface area contributed by atoms with E-state index >= 15 is 0 Å². The number of hydrogen-bond donors (Lipinski definition) is 2. The average molecular weight is 772 g/mol. The molecule has 9 heteroatoms. The predicted octanol–water partition coefficient (Wildman–Crippen LogP) is 13.3. The number of phosphoric ester groups is 1. The third-order valence-corrected chi connectivity index (χ3v) is 10.6. The minimum atomic E-state index is -4.27. The summed E-state index contributed by atoms with van der Waals surface area (Å²) in [5.74, 6) is -0.335. The fraction of sp³-hybridized carbons (Fsp3) is 0.886. The molecular formula is C44H86NO7P. The van der Waals surface area contributed by atoms with Gasteiger partial charge in [-0.05, 0) is 44.9 Å². The molecule has 0 aromatic heterocycles. The summed E-state index contributed by atoms with van der Waals surface area (Å²) in [5.41, 5.74) is 5.37. The van der Waals surface area contributed by atoms with Crippen LogP contribution in [-0.2, 0) is 27.9 Å². The second-order valence-corrected chi connectivity index (χ2v) is 16.4. The SMILES string of the molecule is CCCCC/C=C\C/C=C\CCCCCCCCCC(=O)OC(COCCCCCCCCCCCCCCCCCCC)COP(=O)(O)OCCN. The fourth-order valence-corrected chi connectivity index (χ4v) is 7.09. The first-order valence-corrected chi connectivity index (χ1v) is 23.8. The number of ether oxygens (including phenoxy) is 2. The Hall–Kier alpha value is -1.02. The van der Waals surface area contributed by atoms with Crippen molar-refractivity contribution in [2.75, 3.05) is 33.0 Å². The lowest BCUT2D eigenvalue weighted by atomic mass is 10.0. The van der Waals surface area contributed by atoms with Crippen LogP contribution in [0.25, 0.3) is 0 Å². The van der Waals surface area contributed by atoms with Gasteiger partial charge in [-0.15, -0.1) is 0 Å². The summed E-state index contributed by atoms with van der Waals surface area (Å²) in [6, 6.07) is 0. The topological polar surface area (TPSA) is 117 Å². The number of esters is 1. The second kappa shape index (κ2) is 42.1. The van der Waals surface area contributed by atoms with E-state index in [1.54, 1.807) is 0 Å². The van der Waals surface area contributed by atoms with E-state index in [-0.39, 0.29) is 32.3 Å². The lowest BCUT2D eigenvalue weighted by Gasteiger charge is -2.20. The predicted molar refractivity (Wildman–Crippen MR) is 224 cm³/mol. The third-order valence-electron chi connectivity index (χ3n) is 9.62. The van der Waals surface area contributed by atoms with Crippen LogP contribution in [0.5, 0.6) is 0 Å². The molecule has 0 aliphatic heterocycles. The lowest BCUT2D eigenvalue weighted by Crippen LogP contribution is -2.28. The summed E-state index contributed by atoms with van der Waals surface area (Å²) in [7, 11) is -4.27. The van der Waals surface area contributed by atoms with Crippen molar-refractivity contribution in [2.45, 2.75) is 219 Å². The van der Waals surface area contributed by atoms with Crippen LogP contribution >= 0.6 is 7.82 Å². The van der Waals surface area contributed by atoms with E-state index in [2.05, 4.69) is 38.2 Å². The molecule has 8 nitrogen and oxygen atoms in total. The molecule has 0 aromatic carbocycles. The highest BCUT2D eigenvalue weighted by Crippen LogP contribution is 2.43. The molecule has 0 saturated heterocycles. The molecule has 0 radical (unpaired) electrons. The summed E-state index contributed by atoms with van der Waals surface area (Å²) >= 11 is 0. The van der Waals surface area contributed by atoms with Crippen molar-refractivity contribution < 1.29 is 32.8 Å². The molecular weight excluding hydrogens is 685 g/mol. The minimum Gasteiger partial charge on any atom is -0.457 e. The first-order chi connectivity index (χ1) is 25.9. The summed E-state index contributed by atoms with van der Waals surface area (Å²) in [6.07, 6.45) is 46.2. The Balaban J connectivity index is 4.00. The van der Waals surface area contributed by atoms with Gasteiger partial charge < -0.3 is 20.1 Å². The Morgan fingerprint density at radius 3 is 1.51 bits per heavy atom. The van der Waals surface area contributed by atoms with Gasteiger partial charge in [-0.2, -0.15) is 0 Å². The van der Waals surface area contributed by atoms with Crippen molar-refractivity contribution in [2.24, 2.45) is 5.73 Å². The maximum absolute atomic E-state index is 12.6. The van der Waals surface area contributed by atoms with Gasteiger partial charge in [0.1, 0.15) is 6.10 Å². The largest absolute Gasteiger partial charge is 0.472 e. The summed E-state index contributed by atoms with van der Waals surface area (Å²) in [6.45, 7) is 4.92. The van der Waals surface area contributed by atoms with Gasteiger partial charge in [0, 0.05) is 19.6 Å². The Morgan fingerprint density at radius 2 is 1.00 bits per heavy atom. The first-order valence-electron chi connectivity index (χ1n) is 22.3. The van der Waals surface area contributed by atoms with Crippen LogP contribution in [0.1, 0.15) is 213 Å². The molecule has 0 spiro atoms. The quantitative estimate of drug-likeness (QED) is 0.0272. The van der Waals surface area contributed by atoms with Crippen LogP contribution < -0.4 is 5.73 Å². The minimum absolute atomic E-state index is 0.0950. The van der Waals surface area contributed by atoms with E-state index in [0.29, 0.717) is 13.0 Å². The maximum Gasteiger partial charge on any atom is 0.472 e. The standard InChI is InChI=1S/C44H86NO7P/c1-3-5-7-9-11-13-15-17-19-21-23-25-27-29-31-33-35-37-44(46)52-43(42-51-53(47,48)50-40-38-45)41-49-39-36-34-32-30-28-26-24-22-20-18-16-14-12-10-8-6-4-2/h11,13,17,19,43H,3-10,12,14-16,18,20-42,45H2,1-2H3,(H,47,48)/b13-11-,19-17-. The number of carbonyl (C=O) groups excluding carboxylic acids is 1. The van der Waals surface area contributed by atoms with Crippen LogP contribution in [0, 0.1) is 0 Å². The first kappa shape index (κ1) is 52.0. The molecule has 0 heterocycles. The Bertz CT molecular complexity index is 869. The smallest absolute Gasteiger partial charge is 0.457 e. The number of hydrogen-bond acceptors (Lipinski definition) is 7. The van der Waals surface area contributed by atoms with Crippen molar-refractivity contribution in [3.05, 3.63) is 24.3 Å². The van der Waals surface area contributed by atoms with Crippen molar-refractivity contribution in [3.63, 3.8) is 0 Å². The third kappa shape index (κ3) is 42.0. The van der Waals surface area contributed by atoms with Crippen molar-refractivity contribution >= 4 is 13.8 Å². The highest BCUT2D eigenvalue weighted by molar-refractivity contribution is 7.47. The molecule has 2 unspecified atom stereocenters. The zero-order chi connectivity index (χ0) is 38.8. The molecule has 0 aromatic rings. The number of rotatable bonds is 43. The maximum atomic E-state index is 12.6. The van der Waals surface area contributed by atoms with Gasteiger partial charge in [-0.3, -0.25) is 13.8 Å². The number of unbranched alkanes of at least 4 members (excludes halogenated alkanes) is 26. The van der Waals surface area contributed by atoms with Gasteiger partial charge in [-0.25, -0.2) is 4.57 Å². The molecule has 0 aliphatic rings. The van der Waals surface area contributed by atoms with E-state index in [1.807, 2.05) is 0 Å². The van der Waals surface area contributed by atoms with Crippen LogP contribution in [-0.4, -0.2) is 49.9 Å². The van der Waals surface area contributed by atoms with E-state index in [0.717, 1.165) is 44.9 Å². The highest BCUT2D eigenvalue weighted by Gasteiger charge is 2.25. The van der Waals surface area contributed by atoms with E-state index in [4.69, 9.17) is 24.3 Å². The Labute approximate surface area is 327 Å². The van der Waals surface area contributed by atoms with E-state index in [9.17, 15) is 14.3 Å². The van der Waals surface area contributed by atoms with Crippen LogP contribution in [0.15, 0.2) is 24.3 Å². The second-order valence-electron chi connectivity index (χ2n) is 14.9. The summed E-state index contributed by atoms with van der Waals surface area (Å²) in [4.78, 5) is 22.5. The summed E-state index contributed by atoms with van der Waals surface area (Å²) < 4.78 is 33.5. The van der Waals surface area contributed by atoms with Crippen molar-refractivity contribution in [3.8, 4) is 0 Å². The highest BCUT2D eigenvalue weighted by atomic mass is 31.2. The molecule has 0 amide bonds. The zero-order valence-corrected chi connectivity index (χ0v) is 35.7. The molecule has 0 fully saturated rings. The van der Waals surface area contributed by atoms with Gasteiger partial charge in [0.2, 0.25) is 0 Å². The van der Waals surface area contributed by atoms with Gasteiger partial charge >= 0.3 is 13.8 Å². The molecule has 2 atom stereocenters. The lowest BCUT2D eigenvalue weighted by molar-refractivity contribution is -0.154. The molecule has 0 aliphatic carbocycles. The Kier molecular flexibility index (Phi) is 41.3. The van der Waals surface area contributed by atoms with Crippen molar-refractivity contribution in [1.82, 2.24) is 0 Å². The van der Waals surface area contributed by atoms with Crippen LogP contribution in [0.2, 0.25) is 0 Å². The average Bonchev–Trinajstić information content (AvgIpc) is 3.15. The van der Waals surface area contributed by atoms with Crippen LogP contribution in [0.4, 0.5) is 0 Å². The molecule has 53 heavy (non-hydrogen) atoms. The number of phosphoric acid groups is 1. The molecule has 0 saturated carbocycles. The van der Waals surface area contributed by atoms with E-state index in [1.165, 1.54) is 148 Å². The van der Waals surface area contributed by atoms with Crippen LogP contribution in [0.3, 0.4) is 0 Å². The molecule has 314 valence electrons. The number of nitrogens with two attached hydrogens (primary N) is 1. The van der Waals surface area contributed by atoms with Gasteiger partial charge in [0.25, 0.3) is 0 Å². The van der Waals surface area contributed by atoms with Crippen molar-refractivity contribution in [1.29, 1.82) is 0 Å². The van der Waals surface area contributed by atoms with Gasteiger partial charge in [0.05, 0.1) is 19.8 Å². The molecule has 3 N–H and O–H groups in total. The number of carbonyl (C=O) groups is 1. The van der Waals surface area contributed by atoms with Gasteiger partial charge in [0.15, 0.2) is 0 Å². The van der Waals surface area contributed by atoms with E-state index < -0.39 is 13.9 Å². The Morgan fingerprint density at radius 1 is 0.566 bits per heavy atom. The zero-order valence-electron chi connectivity index (χ0n) is 34.8. The molecule has 0 rings (SSSR count).